The second kappa shape index (κ2) is 12.1. The molecule has 9 heteroatoms. The van der Waals surface area contributed by atoms with Gasteiger partial charge >= 0.3 is 0 Å². The summed E-state index contributed by atoms with van der Waals surface area (Å²) in [5.41, 5.74) is 1.76. The second-order valence-electron chi connectivity index (χ2n) is 10.1. The van der Waals surface area contributed by atoms with Crippen molar-refractivity contribution in [2.24, 2.45) is 0 Å². The minimum Gasteiger partial charge on any atom is -0.496 e. The average molecular weight is 606 g/mol. The van der Waals surface area contributed by atoms with Crippen LogP contribution in [0.1, 0.15) is 28.8 Å². The number of carbonyl (C=O) groups is 3. The molecule has 0 aliphatic carbocycles. The first-order valence-electron chi connectivity index (χ1n) is 13.5. The highest BCUT2D eigenvalue weighted by molar-refractivity contribution is 9.10. The van der Waals surface area contributed by atoms with Gasteiger partial charge in [-0.2, -0.15) is 0 Å². The molecule has 0 atom stereocenters. The van der Waals surface area contributed by atoms with Crippen molar-refractivity contribution in [2.75, 3.05) is 44.9 Å². The zero-order valence-electron chi connectivity index (χ0n) is 22.5. The Hall–Kier alpha value is -3.85. The van der Waals surface area contributed by atoms with Crippen molar-refractivity contribution in [1.82, 2.24) is 15.1 Å². The first-order chi connectivity index (χ1) is 19.4. The molecule has 1 N–H and O–H groups in total. The highest BCUT2D eigenvalue weighted by Gasteiger charge is 2.54. The van der Waals surface area contributed by atoms with Gasteiger partial charge < -0.3 is 24.8 Å². The summed E-state index contributed by atoms with van der Waals surface area (Å²) in [6, 6.07) is 24.9. The smallest absolute Gasteiger partial charge is 0.255 e. The van der Waals surface area contributed by atoms with Gasteiger partial charge in [0, 0.05) is 29.8 Å². The number of rotatable bonds is 8. The lowest BCUT2D eigenvalue weighted by Crippen LogP contribution is -2.57. The third kappa shape index (κ3) is 5.56. The van der Waals surface area contributed by atoms with E-state index in [2.05, 4.69) is 26.1 Å². The zero-order valence-corrected chi connectivity index (χ0v) is 24.1. The Kier molecular flexibility index (Phi) is 8.40. The number of piperidine rings is 1. The van der Waals surface area contributed by atoms with Crippen LogP contribution in [-0.2, 0) is 16.0 Å². The molecular formula is C31H33BrN4O4. The Bertz CT molecular complexity index is 1370. The maximum Gasteiger partial charge on any atom is 0.255 e. The van der Waals surface area contributed by atoms with Crippen LogP contribution in [0.4, 0.5) is 5.69 Å². The van der Waals surface area contributed by atoms with Crippen molar-refractivity contribution in [1.29, 1.82) is 0 Å². The molecule has 2 heterocycles. The van der Waals surface area contributed by atoms with Gasteiger partial charge in [-0.1, -0.05) is 48.5 Å². The number of para-hydroxylation sites is 2. The number of carbonyl (C=O) groups excluding carboxylic acids is 3. The number of hydrogen-bond donors (Lipinski definition) is 1. The molecule has 3 aromatic carbocycles. The highest BCUT2D eigenvalue weighted by Crippen LogP contribution is 2.39. The minimum atomic E-state index is -0.802. The normalized spacial score (nSPS) is 16.4. The number of benzene rings is 3. The largest absolute Gasteiger partial charge is 0.496 e. The molecule has 2 aliphatic heterocycles. The molecule has 40 heavy (non-hydrogen) atoms. The van der Waals surface area contributed by atoms with Gasteiger partial charge in [-0.3, -0.25) is 14.4 Å². The number of nitrogens with one attached hydrogen (secondary N) is 1. The van der Waals surface area contributed by atoms with Gasteiger partial charge in [0.2, 0.25) is 5.91 Å². The van der Waals surface area contributed by atoms with E-state index in [1.165, 1.54) is 0 Å². The molecule has 0 radical (unpaired) electrons. The molecule has 0 aromatic heterocycles. The fourth-order valence-electron chi connectivity index (χ4n) is 5.68. The second-order valence-corrected chi connectivity index (χ2v) is 11.0. The summed E-state index contributed by atoms with van der Waals surface area (Å²) in [6.07, 6.45) is 1.61. The number of anilines is 1. The number of nitrogens with zero attached hydrogens (tertiary/aromatic N) is 3. The summed E-state index contributed by atoms with van der Waals surface area (Å²) < 4.78 is 6.15. The quantitative estimate of drug-likeness (QED) is 0.419. The lowest BCUT2D eigenvalue weighted by atomic mass is 9.85. The van der Waals surface area contributed by atoms with Crippen LogP contribution in [0.2, 0.25) is 0 Å². The number of amides is 3. The van der Waals surface area contributed by atoms with E-state index in [1.54, 1.807) is 12.0 Å². The number of hydrogen-bond acceptors (Lipinski definition) is 5. The third-order valence-corrected chi connectivity index (χ3v) is 8.50. The van der Waals surface area contributed by atoms with Crippen LogP contribution in [0.5, 0.6) is 5.75 Å². The molecule has 5 rings (SSSR count). The van der Waals surface area contributed by atoms with E-state index in [-0.39, 0.29) is 24.3 Å². The number of ether oxygens (including phenoxy) is 1. The van der Waals surface area contributed by atoms with Crippen LogP contribution in [0.3, 0.4) is 0 Å². The summed E-state index contributed by atoms with van der Waals surface area (Å²) in [7, 11) is 1.63. The van der Waals surface area contributed by atoms with E-state index in [4.69, 9.17) is 4.74 Å². The fourth-order valence-corrected chi connectivity index (χ4v) is 6.14. The molecule has 208 valence electrons. The van der Waals surface area contributed by atoms with Crippen LogP contribution in [0.15, 0.2) is 83.3 Å². The number of halogens is 1. The van der Waals surface area contributed by atoms with Crippen molar-refractivity contribution < 1.29 is 19.1 Å². The van der Waals surface area contributed by atoms with Crippen molar-refractivity contribution >= 4 is 39.3 Å². The molecule has 1 spiro atoms. The fraction of sp³-hybridized carbons (Fsp3) is 0.323. The van der Waals surface area contributed by atoms with Crippen LogP contribution in [-0.4, -0.2) is 73.0 Å². The first kappa shape index (κ1) is 27.7. The summed E-state index contributed by atoms with van der Waals surface area (Å²) in [5.74, 6) is 0.473. The number of likely N-dealkylation sites (tertiary alicyclic amines) is 1. The van der Waals surface area contributed by atoms with Crippen LogP contribution < -0.4 is 15.0 Å². The summed E-state index contributed by atoms with van der Waals surface area (Å²) >= 11 is 3.48. The van der Waals surface area contributed by atoms with E-state index in [9.17, 15) is 14.4 Å². The lowest BCUT2D eigenvalue weighted by Gasteiger charge is -2.43. The highest BCUT2D eigenvalue weighted by atomic mass is 79.9. The SMILES string of the molecule is COc1ccccc1CCNC(=O)CN1CN(c2ccccc2)C2(CCN(C(=O)c3ccccc3Br)CC2)C1=O. The average Bonchev–Trinajstić information content (AvgIpc) is 3.24. The van der Waals surface area contributed by atoms with Crippen molar-refractivity contribution in [3.63, 3.8) is 0 Å². The summed E-state index contributed by atoms with van der Waals surface area (Å²) in [6.45, 7) is 1.65. The van der Waals surface area contributed by atoms with Gasteiger partial charge in [0.25, 0.3) is 11.8 Å². The molecule has 3 aromatic rings. The molecule has 0 unspecified atom stereocenters. The van der Waals surface area contributed by atoms with E-state index >= 15 is 0 Å². The van der Waals surface area contributed by atoms with Crippen LogP contribution >= 0.6 is 15.9 Å². The van der Waals surface area contributed by atoms with E-state index < -0.39 is 5.54 Å². The zero-order chi connectivity index (χ0) is 28.1. The Morgan fingerprint density at radius 3 is 2.35 bits per heavy atom. The summed E-state index contributed by atoms with van der Waals surface area (Å²) in [4.78, 5) is 45.7. The van der Waals surface area contributed by atoms with Gasteiger partial charge in [0.1, 0.15) is 17.8 Å². The topological polar surface area (TPSA) is 82.2 Å². The number of methoxy groups -OCH3 is 1. The lowest BCUT2D eigenvalue weighted by molar-refractivity contribution is -0.137. The Morgan fingerprint density at radius 2 is 1.62 bits per heavy atom. The van der Waals surface area contributed by atoms with Gasteiger partial charge in [-0.05, 0) is 71.1 Å². The van der Waals surface area contributed by atoms with Crippen molar-refractivity contribution in [3.05, 3.63) is 94.5 Å². The van der Waals surface area contributed by atoms with E-state index in [1.807, 2.05) is 83.8 Å². The van der Waals surface area contributed by atoms with Gasteiger partial charge in [0.15, 0.2) is 0 Å². The predicted octanol–water partition coefficient (Wildman–Crippen LogP) is 4.10. The maximum absolute atomic E-state index is 14.0. The standard InChI is InChI=1S/C31H33BrN4O4/c1-40-27-14-8-5-9-23(27)15-18-33-28(37)21-35-22-36(24-10-3-2-4-11-24)31(30(35)39)16-19-34(20-17-31)29(38)25-12-6-7-13-26(25)32/h2-14H,15-22H2,1H3,(H,33,37). The van der Waals surface area contributed by atoms with E-state index in [0.29, 0.717) is 51.1 Å². The molecule has 3 amide bonds. The Labute approximate surface area is 243 Å². The molecular weight excluding hydrogens is 572 g/mol. The monoisotopic (exact) mass is 604 g/mol. The van der Waals surface area contributed by atoms with Crippen molar-refractivity contribution in [3.8, 4) is 5.75 Å². The molecule has 2 fully saturated rings. The summed E-state index contributed by atoms with van der Waals surface area (Å²) in [5, 5.41) is 2.96. The minimum absolute atomic E-state index is 0.0184. The van der Waals surface area contributed by atoms with Crippen LogP contribution in [0.25, 0.3) is 0 Å². The van der Waals surface area contributed by atoms with Gasteiger partial charge in [-0.25, -0.2) is 0 Å². The Balaban J connectivity index is 1.27. The Morgan fingerprint density at radius 1 is 0.950 bits per heavy atom. The molecule has 0 bridgehead atoms. The predicted molar refractivity (Wildman–Crippen MR) is 157 cm³/mol. The van der Waals surface area contributed by atoms with Gasteiger partial charge in [0.05, 0.1) is 19.3 Å². The molecule has 2 aliphatic rings. The molecule has 0 saturated carbocycles. The maximum atomic E-state index is 14.0. The molecule has 2 saturated heterocycles. The van der Waals surface area contributed by atoms with E-state index in [0.717, 1.165) is 21.5 Å². The van der Waals surface area contributed by atoms with Crippen LogP contribution in [0, 0.1) is 0 Å². The first-order valence-corrected chi connectivity index (χ1v) is 14.3. The molecule has 8 nitrogen and oxygen atoms in total. The van der Waals surface area contributed by atoms with Crippen molar-refractivity contribution in [2.45, 2.75) is 24.8 Å². The third-order valence-electron chi connectivity index (χ3n) is 7.81. The van der Waals surface area contributed by atoms with Gasteiger partial charge in [-0.15, -0.1) is 0 Å².